The number of fused-ring (bicyclic) bond motifs is 1. The number of anilines is 1. The fourth-order valence-corrected chi connectivity index (χ4v) is 2.64. The van der Waals surface area contributed by atoms with E-state index in [0.717, 1.165) is 44.0 Å². The van der Waals surface area contributed by atoms with Gasteiger partial charge in [-0.3, -0.25) is 0 Å². The number of hydrogen-bond acceptors (Lipinski definition) is 3. The highest BCUT2D eigenvalue weighted by Crippen LogP contribution is 2.22. The number of benzene rings is 1. The third-order valence-electron chi connectivity index (χ3n) is 3.76. The summed E-state index contributed by atoms with van der Waals surface area (Å²) in [5.74, 6) is 1.92. The van der Waals surface area contributed by atoms with Crippen LogP contribution in [0, 0.1) is 18.3 Å². The van der Waals surface area contributed by atoms with Crippen molar-refractivity contribution in [1.29, 1.82) is 5.26 Å². The van der Waals surface area contributed by atoms with E-state index in [0.29, 0.717) is 5.69 Å². The molecule has 20 heavy (non-hydrogen) atoms. The standard InChI is InChI=1S/C16H18N4/c1-12-3-5-13(6-4-12)7-8-15-19-14(11-17)16-18-9-2-10-20(15)16/h3-6,18H,2,7-10H2,1H3. The fourth-order valence-electron chi connectivity index (χ4n) is 2.64. The van der Waals surface area contributed by atoms with E-state index in [2.05, 4.69) is 52.1 Å². The van der Waals surface area contributed by atoms with Crippen LogP contribution in [-0.2, 0) is 19.4 Å². The first-order chi connectivity index (χ1) is 9.78. The van der Waals surface area contributed by atoms with Crippen molar-refractivity contribution in [3.8, 4) is 6.07 Å². The highest BCUT2D eigenvalue weighted by Gasteiger charge is 2.19. The van der Waals surface area contributed by atoms with Gasteiger partial charge in [0.2, 0.25) is 0 Å². The Bertz CT molecular complexity index is 646. The van der Waals surface area contributed by atoms with E-state index in [9.17, 15) is 0 Å². The topological polar surface area (TPSA) is 53.6 Å². The van der Waals surface area contributed by atoms with E-state index < -0.39 is 0 Å². The minimum absolute atomic E-state index is 0.531. The minimum atomic E-state index is 0.531. The number of aromatic nitrogens is 2. The van der Waals surface area contributed by atoms with Crippen molar-refractivity contribution in [2.45, 2.75) is 32.7 Å². The minimum Gasteiger partial charge on any atom is -0.369 e. The van der Waals surface area contributed by atoms with Gasteiger partial charge in [0.25, 0.3) is 0 Å². The Morgan fingerprint density at radius 1 is 1.30 bits per heavy atom. The van der Waals surface area contributed by atoms with Crippen LogP contribution in [0.15, 0.2) is 24.3 Å². The number of hydrogen-bond donors (Lipinski definition) is 1. The summed E-state index contributed by atoms with van der Waals surface area (Å²) < 4.78 is 2.16. The molecular weight excluding hydrogens is 248 g/mol. The van der Waals surface area contributed by atoms with Crippen LogP contribution in [0.5, 0.6) is 0 Å². The lowest BCUT2D eigenvalue weighted by atomic mass is 10.1. The van der Waals surface area contributed by atoms with Crippen molar-refractivity contribution < 1.29 is 0 Å². The summed E-state index contributed by atoms with van der Waals surface area (Å²) in [5.41, 5.74) is 3.13. The van der Waals surface area contributed by atoms with Crippen LogP contribution in [0.2, 0.25) is 0 Å². The van der Waals surface area contributed by atoms with E-state index in [1.54, 1.807) is 0 Å². The highest BCUT2D eigenvalue weighted by molar-refractivity contribution is 5.51. The monoisotopic (exact) mass is 266 g/mol. The molecule has 4 nitrogen and oxygen atoms in total. The van der Waals surface area contributed by atoms with Crippen molar-refractivity contribution in [1.82, 2.24) is 9.55 Å². The van der Waals surface area contributed by atoms with Crippen molar-refractivity contribution >= 4 is 5.82 Å². The maximum Gasteiger partial charge on any atom is 0.183 e. The number of nitrogens with one attached hydrogen (secondary N) is 1. The summed E-state index contributed by atoms with van der Waals surface area (Å²) in [4.78, 5) is 4.48. The van der Waals surface area contributed by atoms with E-state index >= 15 is 0 Å². The summed E-state index contributed by atoms with van der Waals surface area (Å²) in [6.07, 6.45) is 2.92. The molecule has 1 aliphatic rings. The van der Waals surface area contributed by atoms with E-state index in [4.69, 9.17) is 5.26 Å². The molecule has 1 aromatic carbocycles. The van der Waals surface area contributed by atoms with Crippen molar-refractivity contribution in [3.05, 3.63) is 46.9 Å². The Morgan fingerprint density at radius 2 is 2.10 bits per heavy atom. The number of nitriles is 1. The average Bonchev–Trinajstić information content (AvgIpc) is 2.85. The van der Waals surface area contributed by atoms with Gasteiger partial charge in [-0.25, -0.2) is 4.98 Å². The zero-order valence-corrected chi connectivity index (χ0v) is 11.7. The van der Waals surface area contributed by atoms with Gasteiger partial charge in [0.05, 0.1) is 0 Å². The van der Waals surface area contributed by atoms with Crippen LogP contribution >= 0.6 is 0 Å². The molecule has 2 aromatic rings. The summed E-state index contributed by atoms with van der Waals surface area (Å²) in [6, 6.07) is 10.8. The molecule has 0 bridgehead atoms. The SMILES string of the molecule is Cc1ccc(CCc2nc(C#N)c3n2CCCN3)cc1. The lowest BCUT2D eigenvalue weighted by molar-refractivity contribution is 0.597. The molecule has 1 N–H and O–H groups in total. The van der Waals surface area contributed by atoms with Crippen LogP contribution in [0.3, 0.4) is 0 Å². The van der Waals surface area contributed by atoms with Gasteiger partial charge in [-0.15, -0.1) is 0 Å². The lowest BCUT2D eigenvalue weighted by Gasteiger charge is -2.18. The molecule has 102 valence electrons. The van der Waals surface area contributed by atoms with Crippen LogP contribution in [0.1, 0.15) is 29.1 Å². The number of rotatable bonds is 3. The summed E-state index contributed by atoms with van der Waals surface area (Å²) >= 11 is 0. The quantitative estimate of drug-likeness (QED) is 0.929. The van der Waals surface area contributed by atoms with Crippen LogP contribution < -0.4 is 5.32 Å². The molecule has 1 aliphatic heterocycles. The largest absolute Gasteiger partial charge is 0.369 e. The molecule has 1 aromatic heterocycles. The lowest BCUT2D eigenvalue weighted by Crippen LogP contribution is -2.19. The molecule has 0 aliphatic carbocycles. The first-order valence-electron chi connectivity index (χ1n) is 7.07. The Balaban J connectivity index is 1.79. The summed E-state index contributed by atoms with van der Waals surface area (Å²) in [6.45, 7) is 3.98. The van der Waals surface area contributed by atoms with Crippen LogP contribution in [-0.4, -0.2) is 16.1 Å². The zero-order chi connectivity index (χ0) is 13.9. The number of aryl methyl sites for hydroxylation is 3. The van der Waals surface area contributed by atoms with Gasteiger partial charge in [0.15, 0.2) is 5.69 Å². The maximum atomic E-state index is 9.16. The van der Waals surface area contributed by atoms with E-state index in [1.165, 1.54) is 11.1 Å². The molecule has 0 fully saturated rings. The molecule has 0 atom stereocenters. The van der Waals surface area contributed by atoms with Gasteiger partial charge < -0.3 is 9.88 Å². The molecule has 4 heteroatoms. The molecule has 0 radical (unpaired) electrons. The fraction of sp³-hybridized carbons (Fsp3) is 0.375. The molecule has 0 saturated carbocycles. The predicted molar refractivity (Wildman–Crippen MR) is 78.6 cm³/mol. The molecule has 0 amide bonds. The van der Waals surface area contributed by atoms with E-state index in [-0.39, 0.29) is 0 Å². The van der Waals surface area contributed by atoms with Crippen molar-refractivity contribution in [2.24, 2.45) is 0 Å². The second kappa shape index (κ2) is 5.38. The molecule has 3 rings (SSSR count). The van der Waals surface area contributed by atoms with Gasteiger partial charge in [0.1, 0.15) is 17.7 Å². The molecule has 2 heterocycles. The van der Waals surface area contributed by atoms with Gasteiger partial charge >= 0.3 is 0 Å². The van der Waals surface area contributed by atoms with Crippen LogP contribution in [0.4, 0.5) is 5.82 Å². The van der Waals surface area contributed by atoms with Crippen LogP contribution in [0.25, 0.3) is 0 Å². The third-order valence-corrected chi connectivity index (χ3v) is 3.76. The van der Waals surface area contributed by atoms with E-state index in [1.807, 2.05) is 0 Å². The molecule has 0 spiro atoms. The average molecular weight is 266 g/mol. The van der Waals surface area contributed by atoms with Crippen molar-refractivity contribution in [3.63, 3.8) is 0 Å². The number of nitrogens with zero attached hydrogens (tertiary/aromatic N) is 3. The van der Waals surface area contributed by atoms with Gasteiger partial charge in [0, 0.05) is 19.5 Å². The second-order valence-electron chi connectivity index (χ2n) is 5.25. The van der Waals surface area contributed by atoms with Gasteiger partial charge in [-0.1, -0.05) is 29.8 Å². The Hall–Kier alpha value is -2.28. The zero-order valence-electron chi connectivity index (χ0n) is 11.7. The normalized spacial score (nSPS) is 13.4. The van der Waals surface area contributed by atoms with Gasteiger partial charge in [-0.05, 0) is 25.3 Å². The summed E-state index contributed by atoms with van der Waals surface area (Å²) in [7, 11) is 0. The van der Waals surface area contributed by atoms with Gasteiger partial charge in [-0.2, -0.15) is 5.26 Å². The second-order valence-corrected chi connectivity index (χ2v) is 5.25. The predicted octanol–water partition coefficient (Wildman–Crippen LogP) is 2.66. The Labute approximate surface area is 119 Å². The molecule has 0 saturated heterocycles. The summed E-state index contributed by atoms with van der Waals surface area (Å²) in [5, 5.41) is 12.4. The third kappa shape index (κ3) is 2.39. The number of imidazole rings is 1. The Morgan fingerprint density at radius 3 is 2.85 bits per heavy atom. The first kappa shape index (κ1) is 12.7. The molecular formula is C16H18N4. The van der Waals surface area contributed by atoms with Crippen molar-refractivity contribution in [2.75, 3.05) is 11.9 Å². The smallest absolute Gasteiger partial charge is 0.183 e. The molecule has 0 unspecified atom stereocenters. The first-order valence-corrected chi connectivity index (χ1v) is 7.07. The Kier molecular flexibility index (Phi) is 3.42. The maximum absolute atomic E-state index is 9.16. The highest BCUT2D eigenvalue weighted by atomic mass is 15.2.